The van der Waals surface area contributed by atoms with Crippen LogP contribution < -0.4 is 0 Å². The van der Waals surface area contributed by atoms with Crippen LogP contribution in [-0.2, 0) is 19.2 Å². The number of carboxylic acid groups (broad SMARTS) is 2. The molecule has 78 valence electrons. The van der Waals surface area contributed by atoms with Gasteiger partial charge >= 0.3 is 11.9 Å². The van der Waals surface area contributed by atoms with Gasteiger partial charge in [-0.25, -0.2) is 9.59 Å². The summed E-state index contributed by atoms with van der Waals surface area (Å²) >= 11 is 0. The normalized spacial score (nSPS) is 10.7. The molecule has 0 aromatic carbocycles. The van der Waals surface area contributed by atoms with Crippen molar-refractivity contribution in [2.24, 2.45) is 5.41 Å². The van der Waals surface area contributed by atoms with E-state index in [1.165, 1.54) is 6.92 Å². The maximum Gasteiger partial charge on any atom is 0.373 e. The molecule has 6 nitrogen and oxygen atoms in total. The summed E-state index contributed by atoms with van der Waals surface area (Å²) in [7, 11) is 0. The molecule has 14 heavy (non-hydrogen) atoms. The molecular formula is C8H10O6. The highest BCUT2D eigenvalue weighted by molar-refractivity contribution is 6.48. The highest BCUT2D eigenvalue weighted by atomic mass is 16.4. The third kappa shape index (κ3) is 1.95. The molecule has 0 aliphatic rings. The molecule has 0 aliphatic carbocycles. The zero-order valence-electron chi connectivity index (χ0n) is 7.73. The Labute approximate surface area is 79.5 Å². The van der Waals surface area contributed by atoms with Crippen LogP contribution in [0.25, 0.3) is 0 Å². The molecule has 0 aromatic rings. The number of hydrogen-bond acceptors (Lipinski definition) is 4. The minimum absolute atomic E-state index is 0.163. The lowest BCUT2D eigenvalue weighted by molar-refractivity contribution is -0.162. The molecular weight excluding hydrogens is 192 g/mol. The van der Waals surface area contributed by atoms with Crippen molar-refractivity contribution in [2.75, 3.05) is 0 Å². The van der Waals surface area contributed by atoms with Gasteiger partial charge in [0.1, 0.15) is 5.41 Å². The Kier molecular flexibility index (Phi) is 3.50. The highest BCUT2D eigenvalue weighted by Gasteiger charge is 2.46. The fourth-order valence-electron chi connectivity index (χ4n) is 0.896. The average molecular weight is 202 g/mol. The van der Waals surface area contributed by atoms with E-state index < -0.39 is 28.9 Å². The van der Waals surface area contributed by atoms with E-state index in [1.54, 1.807) is 0 Å². The summed E-state index contributed by atoms with van der Waals surface area (Å²) in [5, 5.41) is 16.8. The molecule has 0 amide bonds. The van der Waals surface area contributed by atoms with E-state index in [2.05, 4.69) is 0 Å². The average Bonchev–Trinajstić information content (AvgIpc) is 2.13. The Balaban J connectivity index is 5.18. The molecule has 0 unspecified atom stereocenters. The first-order chi connectivity index (χ1) is 6.27. The molecule has 6 heteroatoms. The Morgan fingerprint density at radius 3 is 1.43 bits per heavy atom. The van der Waals surface area contributed by atoms with E-state index in [4.69, 9.17) is 10.2 Å². The lowest BCUT2D eigenvalue weighted by Crippen LogP contribution is -2.43. The minimum Gasteiger partial charge on any atom is -0.475 e. The fourth-order valence-corrected chi connectivity index (χ4v) is 0.896. The zero-order valence-corrected chi connectivity index (χ0v) is 7.73. The van der Waals surface area contributed by atoms with Crippen LogP contribution in [-0.4, -0.2) is 33.7 Å². The molecule has 0 heterocycles. The second kappa shape index (κ2) is 3.99. The summed E-state index contributed by atoms with van der Waals surface area (Å²) in [4.78, 5) is 42.8. The van der Waals surface area contributed by atoms with Crippen LogP contribution >= 0.6 is 0 Å². The summed E-state index contributed by atoms with van der Waals surface area (Å²) in [5.74, 6) is -6.40. The first-order valence-corrected chi connectivity index (χ1v) is 3.82. The van der Waals surface area contributed by atoms with E-state index in [1.807, 2.05) is 0 Å². The molecule has 0 aliphatic heterocycles. The topological polar surface area (TPSA) is 109 Å². The van der Waals surface area contributed by atoms with Crippen molar-refractivity contribution >= 4 is 23.5 Å². The van der Waals surface area contributed by atoms with E-state index in [0.717, 1.165) is 6.92 Å². The smallest absolute Gasteiger partial charge is 0.373 e. The van der Waals surface area contributed by atoms with Crippen molar-refractivity contribution in [1.82, 2.24) is 0 Å². The van der Waals surface area contributed by atoms with Crippen molar-refractivity contribution in [3.8, 4) is 0 Å². The van der Waals surface area contributed by atoms with E-state index in [0.29, 0.717) is 0 Å². The lowest BCUT2D eigenvalue weighted by Gasteiger charge is -2.19. The standard InChI is InChI=1S/C8H10O6/c1-3-8(2,4(9)6(11)12)5(10)7(13)14/h3H2,1-2H3,(H,11,12)(H,13,14). The second-order valence-corrected chi connectivity index (χ2v) is 2.95. The van der Waals surface area contributed by atoms with Crippen LogP contribution in [0.15, 0.2) is 0 Å². The van der Waals surface area contributed by atoms with Crippen LogP contribution in [0.2, 0.25) is 0 Å². The summed E-state index contributed by atoms with van der Waals surface area (Å²) < 4.78 is 0. The third-order valence-electron chi connectivity index (χ3n) is 2.10. The Hall–Kier alpha value is -1.72. The van der Waals surface area contributed by atoms with Crippen molar-refractivity contribution < 1.29 is 29.4 Å². The molecule has 0 bridgehead atoms. The quantitative estimate of drug-likeness (QED) is 0.468. The van der Waals surface area contributed by atoms with Gasteiger partial charge in [-0.05, 0) is 13.3 Å². The minimum atomic E-state index is -1.97. The van der Waals surface area contributed by atoms with Crippen molar-refractivity contribution in [1.29, 1.82) is 0 Å². The summed E-state index contributed by atoms with van der Waals surface area (Å²) in [6.07, 6.45) is -0.163. The second-order valence-electron chi connectivity index (χ2n) is 2.95. The predicted molar refractivity (Wildman–Crippen MR) is 43.7 cm³/mol. The SMILES string of the molecule is CCC(C)(C(=O)C(=O)O)C(=O)C(=O)O. The van der Waals surface area contributed by atoms with Gasteiger partial charge in [-0.2, -0.15) is 0 Å². The van der Waals surface area contributed by atoms with Gasteiger partial charge in [0.25, 0.3) is 11.6 Å². The van der Waals surface area contributed by atoms with Crippen LogP contribution in [0.5, 0.6) is 0 Å². The Morgan fingerprint density at radius 1 is 1.00 bits per heavy atom. The molecule has 0 saturated heterocycles. The number of Topliss-reactive ketones (excluding diaryl/α,β-unsaturated/α-hetero) is 2. The maximum atomic E-state index is 11.1. The van der Waals surface area contributed by atoms with E-state index in [-0.39, 0.29) is 6.42 Å². The molecule has 0 aromatic heterocycles. The molecule has 0 rings (SSSR count). The third-order valence-corrected chi connectivity index (χ3v) is 2.10. The van der Waals surface area contributed by atoms with Crippen molar-refractivity contribution in [3.05, 3.63) is 0 Å². The van der Waals surface area contributed by atoms with Gasteiger partial charge in [0.2, 0.25) is 0 Å². The van der Waals surface area contributed by atoms with Crippen molar-refractivity contribution in [2.45, 2.75) is 20.3 Å². The predicted octanol–water partition coefficient (Wildman–Crippen LogP) is -0.290. The van der Waals surface area contributed by atoms with Gasteiger partial charge in [0.05, 0.1) is 0 Å². The number of carbonyl (C=O) groups excluding carboxylic acids is 2. The first kappa shape index (κ1) is 12.3. The van der Waals surface area contributed by atoms with Gasteiger partial charge < -0.3 is 10.2 Å². The monoisotopic (exact) mass is 202 g/mol. The summed E-state index contributed by atoms with van der Waals surface area (Å²) in [6.45, 7) is 2.39. The fraction of sp³-hybridized carbons (Fsp3) is 0.500. The maximum absolute atomic E-state index is 11.1. The number of carboxylic acids is 2. The van der Waals surface area contributed by atoms with Gasteiger partial charge in [0.15, 0.2) is 0 Å². The molecule has 0 radical (unpaired) electrons. The first-order valence-electron chi connectivity index (χ1n) is 3.82. The van der Waals surface area contributed by atoms with Crippen LogP contribution in [0.3, 0.4) is 0 Å². The summed E-state index contributed by atoms with van der Waals surface area (Å²) in [6, 6.07) is 0. The van der Waals surface area contributed by atoms with E-state index >= 15 is 0 Å². The Bertz CT molecular complexity index is 277. The summed E-state index contributed by atoms with van der Waals surface area (Å²) in [5.41, 5.74) is -1.97. The van der Waals surface area contributed by atoms with E-state index in [9.17, 15) is 19.2 Å². The lowest BCUT2D eigenvalue weighted by atomic mass is 9.78. The molecule has 0 atom stereocenters. The molecule has 0 fully saturated rings. The van der Waals surface area contributed by atoms with Crippen molar-refractivity contribution in [3.63, 3.8) is 0 Å². The van der Waals surface area contributed by atoms with Crippen LogP contribution in [0, 0.1) is 5.41 Å². The van der Waals surface area contributed by atoms with Gasteiger partial charge in [-0.15, -0.1) is 0 Å². The number of aliphatic carboxylic acids is 2. The zero-order chi connectivity index (χ0) is 11.5. The largest absolute Gasteiger partial charge is 0.475 e. The molecule has 2 N–H and O–H groups in total. The van der Waals surface area contributed by atoms with Crippen LogP contribution in [0.1, 0.15) is 20.3 Å². The molecule has 0 spiro atoms. The van der Waals surface area contributed by atoms with Gasteiger partial charge in [-0.1, -0.05) is 6.92 Å². The highest BCUT2D eigenvalue weighted by Crippen LogP contribution is 2.24. The van der Waals surface area contributed by atoms with Gasteiger partial charge in [0, 0.05) is 0 Å². The van der Waals surface area contributed by atoms with Crippen LogP contribution in [0.4, 0.5) is 0 Å². The number of ketones is 2. The number of carbonyl (C=O) groups is 4. The molecule has 0 saturated carbocycles. The Morgan fingerprint density at radius 2 is 1.29 bits per heavy atom. The van der Waals surface area contributed by atoms with Gasteiger partial charge in [-0.3, -0.25) is 9.59 Å². The number of rotatable bonds is 5. The number of hydrogen-bond donors (Lipinski definition) is 2.